The van der Waals surface area contributed by atoms with Gasteiger partial charge < -0.3 is 10.0 Å². The van der Waals surface area contributed by atoms with Crippen LogP contribution in [0.15, 0.2) is 6.20 Å². The van der Waals surface area contributed by atoms with Crippen LogP contribution in [0.4, 0.5) is 0 Å². The van der Waals surface area contributed by atoms with Crippen molar-refractivity contribution in [1.82, 2.24) is 14.7 Å². The molecule has 6 heteroatoms. The number of carbonyl (C=O) groups excluding carboxylic acids is 1. The fourth-order valence-electron chi connectivity index (χ4n) is 1.96. The third kappa shape index (κ3) is 3.56. The van der Waals surface area contributed by atoms with Gasteiger partial charge in [-0.1, -0.05) is 0 Å². The van der Waals surface area contributed by atoms with Gasteiger partial charge in [0.25, 0.3) is 5.91 Å². The molecule has 1 aromatic heterocycles. The molecule has 1 aromatic rings. The van der Waals surface area contributed by atoms with E-state index in [9.17, 15) is 9.59 Å². The molecule has 0 aromatic carbocycles. The zero-order valence-electron chi connectivity index (χ0n) is 11.9. The molecule has 0 unspecified atom stereocenters. The van der Waals surface area contributed by atoms with Crippen LogP contribution in [0.25, 0.3) is 0 Å². The van der Waals surface area contributed by atoms with Crippen LogP contribution in [0, 0.1) is 6.92 Å². The Bertz CT molecular complexity index is 466. The number of amides is 1. The first kappa shape index (κ1) is 15.2. The summed E-state index contributed by atoms with van der Waals surface area (Å²) in [6, 6.07) is 0.190. The Morgan fingerprint density at radius 2 is 2.11 bits per heavy atom. The number of carboxylic acids is 1. The van der Waals surface area contributed by atoms with Crippen molar-refractivity contribution in [2.24, 2.45) is 0 Å². The quantitative estimate of drug-likeness (QED) is 0.851. The molecule has 1 heterocycles. The van der Waals surface area contributed by atoms with Gasteiger partial charge in [-0.05, 0) is 27.7 Å². The van der Waals surface area contributed by atoms with E-state index in [1.165, 1.54) is 4.90 Å². The minimum atomic E-state index is -0.902. The fraction of sp³-hybridized carbons (Fsp3) is 0.615. The Morgan fingerprint density at radius 3 is 2.53 bits per heavy atom. The molecule has 0 aliphatic carbocycles. The average molecular weight is 267 g/mol. The number of aromatic nitrogens is 2. The molecule has 0 saturated heterocycles. The highest BCUT2D eigenvalue weighted by atomic mass is 16.4. The lowest BCUT2D eigenvalue weighted by molar-refractivity contribution is -0.137. The van der Waals surface area contributed by atoms with E-state index in [-0.39, 0.29) is 24.9 Å². The van der Waals surface area contributed by atoms with Crippen molar-refractivity contribution in [3.8, 4) is 0 Å². The number of carboxylic acid groups (broad SMARTS) is 1. The summed E-state index contributed by atoms with van der Waals surface area (Å²) < 4.78 is 1.79. The van der Waals surface area contributed by atoms with Crippen LogP contribution in [-0.2, 0) is 4.79 Å². The van der Waals surface area contributed by atoms with Gasteiger partial charge in [-0.2, -0.15) is 5.10 Å². The molecule has 0 bridgehead atoms. The molecule has 6 nitrogen and oxygen atoms in total. The Kier molecular flexibility index (Phi) is 5.09. The molecular formula is C13H21N3O3. The lowest BCUT2D eigenvalue weighted by Crippen LogP contribution is -2.33. The van der Waals surface area contributed by atoms with E-state index in [4.69, 9.17) is 5.11 Å². The molecule has 0 aliphatic rings. The van der Waals surface area contributed by atoms with Gasteiger partial charge in [-0.3, -0.25) is 14.3 Å². The Morgan fingerprint density at radius 1 is 1.47 bits per heavy atom. The van der Waals surface area contributed by atoms with Crippen molar-refractivity contribution in [3.05, 3.63) is 17.5 Å². The van der Waals surface area contributed by atoms with Crippen molar-refractivity contribution in [3.63, 3.8) is 0 Å². The first-order valence-electron chi connectivity index (χ1n) is 6.43. The Labute approximate surface area is 113 Å². The fourth-order valence-corrected chi connectivity index (χ4v) is 1.96. The number of rotatable bonds is 6. The summed E-state index contributed by atoms with van der Waals surface area (Å²) in [5, 5.41) is 12.9. The van der Waals surface area contributed by atoms with Crippen molar-refractivity contribution in [2.45, 2.75) is 40.2 Å². The van der Waals surface area contributed by atoms with Crippen LogP contribution < -0.4 is 0 Å². The van der Waals surface area contributed by atoms with E-state index in [0.29, 0.717) is 12.1 Å². The molecule has 1 N–H and O–H groups in total. The number of carbonyl (C=O) groups is 2. The minimum Gasteiger partial charge on any atom is -0.481 e. The molecule has 19 heavy (non-hydrogen) atoms. The predicted molar refractivity (Wildman–Crippen MR) is 71.2 cm³/mol. The van der Waals surface area contributed by atoms with Gasteiger partial charge in [0.15, 0.2) is 0 Å². The average Bonchev–Trinajstić information content (AvgIpc) is 2.71. The maximum atomic E-state index is 12.3. The Hall–Kier alpha value is -1.85. The SMILES string of the molecule is CCN(CCC(=O)O)C(=O)c1cnn(C(C)C)c1C. The largest absolute Gasteiger partial charge is 0.481 e. The first-order valence-corrected chi connectivity index (χ1v) is 6.43. The smallest absolute Gasteiger partial charge is 0.305 e. The third-order valence-corrected chi connectivity index (χ3v) is 3.03. The van der Waals surface area contributed by atoms with Crippen molar-refractivity contribution in [2.75, 3.05) is 13.1 Å². The van der Waals surface area contributed by atoms with E-state index in [1.54, 1.807) is 10.9 Å². The van der Waals surface area contributed by atoms with Gasteiger partial charge in [0.05, 0.1) is 18.2 Å². The predicted octanol–water partition coefficient (Wildman–Crippen LogP) is 1.71. The molecule has 0 atom stereocenters. The van der Waals surface area contributed by atoms with E-state index in [0.717, 1.165) is 5.69 Å². The van der Waals surface area contributed by atoms with Crippen LogP contribution in [0.2, 0.25) is 0 Å². The van der Waals surface area contributed by atoms with E-state index in [1.807, 2.05) is 27.7 Å². The molecule has 1 amide bonds. The van der Waals surface area contributed by atoms with E-state index in [2.05, 4.69) is 5.10 Å². The highest BCUT2D eigenvalue weighted by Gasteiger charge is 2.20. The number of hydrogen-bond donors (Lipinski definition) is 1. The second-order valence-corrected chi connectivity index (χ2v) is 4.71. The van der Waals surface area contributed by atoms with Crippen LogP contribution >= 0.6 is 0 Å². The second kappa shape index (κ2) is 6.36. The van der Waals surface area contributed by atoms with Gasteiger partial charge in [0.2, 0.25) is 0 Å². The number of aliphatic carboxylic acids is 1. The summed E-state index contributed by atoms with van der Waals surface area (Å²) in [6.45, 7) is 8.38. The van der Waals surface area contributed by atoms with Gasteiger partial charge in [0, 0.05) is 24.8 Å². The number of nitrogens with zero attached hydrogens (tertiary/aromatic N) is 3. The molecular weight excluding hydrogens is 246 g/mol. The van der Waals surface area contributed by atoms with Crippen LogP contribution in [0.1, 0.15) is 49.3 Å². The summed E-state index contributed by atoms with van der Waals surface area (Å²) in [5.74, 6) is -1.06. The van der Waals surface area contributed by atoms with Gasteiger partial charge in [0.1, 0.15) is 0 Å². The zero-order valence-corrected chi connectivity index (χ0v) is 11.9. The monoisotopic (exact) mass is 267 g/mol. The molecule has 0 spiro atoms. The van der Waals surface area contributed by atoms with Crippen LogP contribution in [-0.4, -0.2) is 44.8 Å². The summed E-state index contributed by atoms with van der Waals surface area (Å²) in [5.41, 5.74) is 1.36. The van der Waals surface area contributed by atoms with E-state index >= 15 is 0 Å². The van der Waals surface area contributed by atoms with Crippen molar-refractivity contribution >= 4 is 11.9 Å². The molecule has 0 aliphatic heterocycles. The van der Waals surface area contributed by atoms with Crippen molar-refractivity contribution in [1.29, 1.82) is 0 Å². The second-order valence-electron chi connectivity index (χ2n) is 4.71. The normalized spacial score (nSPS) is 10.8. The molecule has 106 valence electrons. The molecule has 0 saturated carbocycles. The zero-order chi connectivity index (χ0) is 14.6. The lowest BCUT2D eigenvalue weighted by Gasteiger charge is -2.20. The van der Waals surface area contributed by atoms with Crippen LogP contribution in [0.3, 0.4) is 0 Å². The van der Waals surface area contributed by atoms with Gasteiger partial charge in [-0.25, -0.2) is 0 Å². The Balaban J connectivity index is 2.88. The van der Waals surface area contributed by atoms with Gasteiger partial charge >= 0.3 is 5.97 Å². The highest BCUT2D eigenvalue weighted by molar-refractivity contribution is 5.95. The highest BCUT2D eigenvalue weighted by Crippen LogP contribution is 2.15. The molecule has 1 rings (SSSR count). The maximum absolute atomic E-state index is 12.3. The van der Waals surface area contributed by atoms with Crippen molar-refractivity contribution < 1.29 is 14.7 Å². The lowest BCUT2D eigenvalue weighted by atomic mass is 10.2. The standard InChI is InChI=1S/C13H21N3O3/c1-5-15(7-6-12(17)18)13(19)11-8-14-16(9(2)3)10(11)4/h8-9H,5-7H2,1-4H3,(H,17,18). The summed E-state index contributed by atoms with van der Waals surface area (Å²) in [4.78, 5) is 24.4. The van der Waals surface area contributed by atoms with Crippen LogP contribution in [0.5, 0.6) is 0 Å². The summed E-state index contributed by atoms with van der Waals surface area (Å²) >= 11 is 0. The summed E-state index contributed by atoms with van der Waals surface area (Å²) in [6.07, 6.45) is 1.51. The minimum absolute atomic E-state index is 0.0447. The number of hydrogen-bond acceptors (Lipinski definition) is 3. The van der Waals surface area contributed by atoms with Gasteiger partial charge in [-0.15, -0.1) is 0 Å². The molecule has 0 radical (unpaired) electrons. The van der Waals surface area contributed by atoms with E-state index < -0.39 is 5.97 Å². The molecule has 0 fully saturated rings. The first-order chi connectivity index (χ1) is 8.88. The summed E-state index contributed by atoms with van der Waals surface area (Å²) in [7, 11) is 0. The maximum Gasteiger partial charge on any atom is 0.305 e. The topological polar surface area (TPSA) is 75.4 Å². The third-order valence-electron chi connectivity index (χ3n) is 3.03.